The minimum atomic E-state index is -4.32. The van der Waals surface area contributed by atoms with Crippen molar-refractivity contribution < 1.29 is 13.2 Å². The molecule has 0 aliphatic heterocycles. The Labute approximate surface area is 124 Å². The Morgan fingerprint density at radius 1 is 1.29 bits per heavy atom. The van der Waals surface area contributed by atoms with Crippen LogP contribution in [0.1, 0.15) is 56.3 Å². The average Bonchev–Trinajstić information content (AvgIpc) is 2.48. The zero-order valence-electron chi connectivity index (χ0n) is 12.6. The second-order valence-electron chi connectivity index (χ2n) is 5.85. The fourth-order valence-electron chi connectivity index (χ4n) is 3.52. The molecular weight excluding hydrogens is 277 g/mol. The third-order valence-electron chi connectivity index (χ3n) is 4.66. The first-order valence-electron chi connectivity index (χ1n) is 7.67. The summed E-state index contributed by atoms with van der Waals surface area (Å²) in [5.41, 5.74) is 0.0349. The van der Waals surface area contributed by atoms with Gasteiger partial charge in [-0.05, 0) is 37.4 Å². The van der Waals surface area contributed by atoms with Crippen LogP contribution < -0.4 is 5.32 Å². The topological polar surface area (TPSA) is 24.9 Å². The molecule has 1 aliphatic rings. The summed E-state index contributed by atoms with van der Waals surface area (Å²) in [6.07, 6.45) is 2.52. The number of pyridine rings is 1. The van der Waals surface area contributed by atoms with Crippen molar-refractivity contribution in [2.75, 3.05) is 7.05 Å². The summed E-state index contributed by atoms with van der Waals surface area (Å²) < 4.78 is 37.9. The van der Waals surface area contributed by atoms with Crippen molar-refractivity contribution in [3.05, 3.63) is 29.6 Å². The molecule has 0 amide bonds. The van der Waals surface area contributed by atoms with Crippen molar-refractivity contribution in [1.29, 1.82) is 0 Å². The molecule has 1 N–H and O–H groups in total. The van der Waals surface area contributed by atoms with E-state index in [1.165, 1.54) is 25.3 Å². The van der Waals surface area contributed by atoms with E-state index in [4.69, 9.17) is 0 Å². The summed E-state index contributed by atoms with van der Waals surface area (Å²) in [5, 5.41) is 3.27. The quantitative estimate of drug-likeness (QED) is 0.880. The second kappa shape index (κ2) is 6.77. The standard InChI is InChI=1S/C16H23F3N2/c1-3-11-6-4-5-7-13(11)15(20-2)14-9-8-12(10-21-14)16(17,18)19/h8-11,13,15,20H,3-7H2,1-2H3. The van der Waals surface area contributed by atoms with E-state index in [0.717, 1.165) is 30.8 Å². The largest absolute Gasteiger partial charge is 0.417 e. The van der Waals surface area contributed by atoms with E-state index < -0.39 is 11.7 Å². The highest BCUT2D eigenvalue weighted by Crippen LogP contribution is 2.40. The van der Waals surface area contributed by atoms with Gasteiger partial charge in [0.05, 0.1) is 17.3 Å². The van der Waals surface area contributed by atoms with E-state index in [2.05, 4.69) is 17.2 Å². The molecule has 3 atom stereocenters. The molecule has 1 saturated carbocycles. The van der Waals surface area contributed by atoms with Crippen LogP contribution in [0.4, 0.5) is 13.2 Å². The maximum atomic E-state index is 12.6. The van der Waals surface area contributed by atoms with Crippen LogP contribution in [0.15, 0.2) is 18.3 Å². The molecule has 5 heteroatoms. The lowest BCUT2D eigenvalue weighted by Gasteiger charge is -2.36. The molecule has 2 nitrogen and oxygen atoms in total. The summed E-state index contributed by atoms with van der Waals surface area (Å²) in [4.78, 5) is 4.08. The van der Waals surface area contributed by atoms with Crippen LogP contribution in [0.25, 0.3) is 0 Å². The van der Waals surface area contributed by atoms with Gasteiger partial charge in [-0.2, -0.15) is 13.2 Å². The van der Waals surface area contributed by atoms with Crippen LogP contribution in [0.3, 0.4) is 0 Å². The Bertz CT molecular complexity index is 442. The number of nitrogens with zero attached hydrogens (tertiary/aromatic N) is 1. The molecule has 0 spiro atoms. The summed E-state index contributed by atoms with van der Waals surface area (Å²) in [6, 6.07) is 2.69. The SMILES string of the molecule is CCC1CCCCC1C(NC)c1ccc(C(F)(F)F)cn1. The molecule has 0 radical (unpaired) electrons. The van der Waals surface area contributed by atoms with Crippen molar-refractivity contribution in [2.24, 2.45) is 11.8 Å². The highest BCUT2D eigenvalue weighted by atomic mass is 19.4. The molecule has 1 heterocycles. The molecule has 1 fully saturated rings. The van der Waals surface area contributed by atoms with E-state index in [0.29, 0.717) is 11.8 Å². The smallest absolute Gasteiger partial charge is 0.311 e. The van der Waals surface area contributed by atoms with Crippen LogP contribution in [-0.4, -0.2) is 12.0 Å². The first-order valence-corrected chi connectivity index (χ1v) is 7.67. The van der Waals surface area contributed by atoms with Gasteiger partial charge in [0.25, 0.3) is 0 Å². The fourth-order valence-corrected chi connectivity index (χ4v) is 3.52. The van der Waals surface area contributed by atoms with E-state index in [1.807, 2.05) is 7.05 Å². The molecule has 0 saturated heterocycles. The van der Waals surface area contributed by atoms with Gasteiger partial charge in [-0.25, -0.2) is 0 Å². The highest BCUT2D eigenvalue weighted by molar-refractivity contribution is 5.19. The van der Waals surface area contributed by atoms with Gasteiger partial charge in [0.15, 0.2) is 0 Å². The van der Waals surface area contributed by atoms with Gasteiger partial charge in [0.1, 0.15) is 0 Å². The van der Waals surface area contributed by atoms with Gasteiger partial charge >= 0.3 is 6.18 Å². The highest BCUT2D eigenvalue weighted by Gasteiger charge is 2.33. The third-order valence-corrected chi connectivity index (χ3v) is 4.66. The molecule has 1 aromatic heterocycles. The lowest BCUT2D eigenvalue weighted by atomic mass is 9.73. The first kappa shape index (κ1) is 16.3. The molecule has 1 aromatic rings. The second-order valence-corrected chi connectivity index (χ2v) is 5.85. The van der Waals surface area contributed by atoms with Crippen molar-refractivity contribution >= 4 is 0 Å². The average molecular weight is 300 g/mol. The number of rotatable bonds is 4. The first-order chi connectivity index (χ1) is 9.97. The molecule has 1 aliphatic carbocycles. The molecule has 118 valence electrons. The summed E-state index contributed by atoms with van der Waals surface area (Å²) >= 11 is 0. The third kappa shape index (κ3) is 3.76. The Hall–Kier alpha value is -1.10. The molecule has 0 aromatic carbocycles. The van der Waals surface area contributed by atoms with Gasteiger partial charge in [0.2, 0.25) is 0 Å². The number of hydrogen-bond acceptors (Lipinski definition) is 2. The van der Waals surface area contributed by atoms with Crippen LogP contribution >= 0.6 is 0 Å². The van der Waals surface area contributed by atoms with E-state index >= 15 is 0 Å². The monoisotopic (exact) mass is 300 g/mol. The Balaban J connectivity index is 2.20. The minimum Gasteiger partial charge on any atom is -0.311 e. The van der Waals surface area contributed by atoms with E-state index in [-0.39, 0.29) is 6.04 Å². The molecule has 2 rings (SSSR count). The minimum absolute atomic E-state index is 0.0394. The maximum Gasteiger partial charge on any atom is 0.417 e. The maximum absolute atomic E-state index is 12.6. The predicted molar refractivity (Wildman–Crippen MR) is 76.8 cm³/mol. The summed E-state index contributed by atoms with van der Waals surface area (Å²) in [6.45, 7) is 2.19. The van der Waals surface area contributed by atoms with E-state index in [1.54, 1.807) is 0 Å². The summed E-state index contributed by atoms with van der Waals surface area (Å²) in [5.74, 6) is 1.08. The van der Waals surface area contributed by atoms with E-state index in [9.17, 15) is 13.2 Å². The number of nitrogens with one attached hydrogen (secondary N) is 1. The lowest BCUT2D eigenvalue weighted by molar-refractivity contribution is -0.137. The van der Waals surface area contributed by atoms with Crippen molar-refractivity contribution in [3.63, 3.8) is 0 Å². The number of alkyl halides is 3. The zero-order valence-corrected chi connectivity index (χ0v) is 12.6. The molecule has 0 bridgehead atoms. The lowest BCUT2D eigenvalue weighted by Crippen LogP contribution is -2.33. The van der Waals surface area contributed by atoms with Gasteiger partial charge in [-0.1, -0.05) is 32.6 Å². The Kier molecular flexibility index (Phi) is 5.25. The van der Waals surface area contributed by atoms with Crippen LogP contribution in [-0.2, 0) is 6.18 Å². The fraction of sp³-hybridized carbons (Fsp3) is 0.688. The number of hydrogen-bond donors (Lipinski definition) is 1. The Morgan fingerprint density at radius 3 is 2.52 bits per heavy atom. The van der Waals surface area contributed by atoms with Crippen molar-refractivity contribution in [1.82, 2.24) is 10.3 Å². The van der Waals surface area contributed by atoms with Gasteiger partial charge in [0, 0.05) is 6.20 Å². The molecule has 21 heavy (non-hydrogen) atoms. The summed E-state index contributed by atoms with van der Waals surface area (Å²) in [7, 11) is 1.87. The van der Waals surface area contributed by atoms with Crippen LogP contribution in [0.2, 0.25) is 0 Å². The number of halogens is 3. The Morgan fingerprint density at radius 2 is 2.00 bits per heavy atom. The molecule has 3 unspecified atom stereocenters. The zero-order chi connectivity index (χ0) is 15.5. The van der Waals surface area contributed by atoms with Crippen molar-refractivity contribution in [2.45, 2.75) is 51.2 Å². The van der Waals surface area contributed by atoms with Crippen molar-refractivity contribution in [3.8, 4) is 0 Å². The van der Waals surface area contributed by atoms with Gasteiger partial charge in [-0.15, -0.1) is 0 Å². The van der Waals surface area contributed by atoms with Gasteiger partial charge < -0.3 is 5.32 Å². The normalized spacial score (nSPS) is 24.8. The predicted octanol–water partition coefficient (Wildman–Crippen LogP) is 4.58. The van der Waals surface area contributed by atoms with Crippen LogP contribution in [0, 0.1) is 11.8 Å². The van der Waals surface area contributed by atoms with Gasteiger partial charge in [-0.3, -0.25) is 4.98 Å². The van der Waals surface area contributed by atoms with Crippen LogP contribution in [0.5, 0.6) is 0 Å². The molecular formula is C16H23F3N2. The number of aromatic nitrogens is 1.